The molecule has 0 fully saturated rings. The van der Waals surface area contributed by atoms with E-state index in [1.807, 2.05) is 109 Å². The van der Waals surface area contributed by atoms with Gasteiger partial charge in [0, 0.05) is 22.0 Å². The Hall–Kier alpha value is -4.03. The molecule has 0 radical (unpaired) electrons. The topological polar surface area (TPSA) is 70.2 Å². The fourth-order valence-corrected chi connectivity index (χ4v) is 4.65. The summed E-state index contributed by atoms with van der Waals surface area (Å²) >= 11 is 1.47. The number of hydrogen-bond donors (Lipinski definition) is 3. The molecular weight excluding hydrogens is 466 g/mol. The van der Waals surface area contributed by atoms with Gasteiger partial charge in [-0.15, -0.1) is 11.8 Å². The van der Waals surface area contributed by atoms with Gasteiger partial charge in [-0.25, -0.2) is 4.79 Å². The van der Waals surface area contributed by atoms with Crippen molar-refractivity contribution in [3.8, 4) is 0 Å². The fraction of sp³-hybridized carbons (Fsp3) is 0.133. The lowest BCUT2D eigenvalue weighted by atomic mass is 10.0. The van der Waals surface area contributed by atoms with E-state index in [1.54, 1.807) is 0 Å². The molecule has 0 saturated carbocycles. The summed E-state index contributed by atoms with van der Waals surface area (Å²) in [7, 11) is 0. The Balaban J connectivity index is 1.43. The third-order valence-corrected chi connectivity index (χ3v) is 6.85. The van der Waals surface area contributed by atoms with Crippen LogP contribution >= 0.6 is 11.8 Å². The van der Waals surface area contributed by atoms with Crippen LogP contribution in [0.3, 0.4) is 0 Å². The van der Waals surface area contributed by atoms with E-state index in [4.69, 9.17) is 0 Å². The van der Waals surface area contributed by atoms with Crippen molar-refractivity contribution in [1.29, 1.82) is 0 Å². The number of rotatable bonds is 8. The molecule has 6 heteroatoms. The SMILES string of the molecule is CC(C)c1ccc(NC(=O)C(Sc2ccc(NC(=O)Nc3ccccc3)cc2)c2ccccc2)cc1. The molecule has 0 spiro atoms. The van der Waals surface area contributed by atoms with E-state index < -0.39 is 5.25 Å². The monoisotopic (exact) mass is 495 g/mol. The zero-order valence-corrected chi connectivity index (χ0v) is 21.1. The number of urea groups is 1. The maximum Gasteiger partial charge on any atom is 0.323 e. The first-order chi connectivity index (χ1) is 17.5. The van der Waals surface area contributed by atoms with Gasteiger partial charge in [-0.05, 0) is 65.6 Å². The molecule has 3 N–H and O–H groups in total. The lowest BCUT2D eigenvalue weighted by Gasteiger charge is -2.18. The number of anilines is 3. The third kappa shape index (κ3) is 6.99. The van der Waals surface area contributed by atoms with Gasteiger partial charge in [-0.2, -0.15) is 0 Å². The van der Waals surface area contributed by atoms with E-state index in [0.717, 1.165) is 21.8 Å². The average Bonchev–Trinajstić information content (AvgIpc) is 2.89. The first kappa shape index (κ1) is 25.1. The minimum absolute atomic E-state index is 0.0899. The Kier molecular flexibility index (Phi) is 8.42. The quantitative estimate of drug-likeness (QED) is 0.217. The highest BCUT2D eigenvalue weighted by atomic mass is 32.2. The Morgan fingerprint density at radius 2 is 1.08 bits per heavy atom. The second kappa shape index (κ2) is 12.1. The molecule has 5 nitrogen and oxygen atoms in total. The lowest BCUT2D eigenvalue weighted by molar-refractivity contribution is -0.115. The number of hydrogen-bond acceptors (Lipinski definition) is 3. The third-order valence-electron chi connectivity index (χ3n) is 5.58. The molecule has 0 heterocycles. The molecule has 182 valence electrons. The van der Waals surface area contributed by atoms with E-state index in [-0.39, 0.29) is 11.9 Å². The van der Waals surface area contributed by atoms with Gasteiger partial charge in [0.25, 0.3) is 0 Å². The van der Waals surface area contributed by atoms with Gasteiger partial charge in [0.15, 0.2) is 0 Å². The minimum atomic E-state index is -0.434. The van der Waals surface area contributed by atoms with Crippen molar-refractivity contribution in [3.63, 3.8) is 0 Å². The van der Waals surface area contributed by atoms with Crippen molar-refractivity contribution in [2.45, 2.75) is 29.9 Å². The highest BCUT2D eigenvalue weighted by Gasteiger charge is 2.22. The molecule has 36 heavy (non-hydrogen) atoms. The molecule has 4 aromatic rings. The molecule has 0 aliphatic rings. The van der Waals surface area contributed by atoms with Gasteiger partial charge in [-0.1, -0.05) is 74.5 Å². The van der Waals surface area contributed by atoms with E-state index >= 15 is 0 Å². The minimum Gasteiger partial charge on any atom is -0.325 e. The van der Waals surface area contributed by atoms with Crippen LogP contribution in [0.5, 0.6) is 0 Å². The average molecular weight is 496 g/mol. The van der Waals surface area contributed by atoms with E-state index in [1.165, 1.54) is 17.3 Å². The van der Waals surface area contributed by atoms with Gasteiger partial charge in [-0.3, -0.25) is 4.79 Å². The summed E-state index contributed by atoms with van der Waals surface area (Å²) in [5, 5.41) is 8.26. The maximum absolute atomic E-state index is 13.3. The Bertz CT molecular complexity index is 1280. The molecule has 0 aromatic heterocycles. The summed E-state index contributed by atoms with van der Waals surface area (Å²) in [6.45, 7) is 4.29. The Labute approximate surface area is 216 Å². The molecule has 1 atom stereocenters. The van der Waals surface area contributed by atoms with Gasteiger partial charge in [0.05, 0.1) is 0 Å². The predicted molar refractivity (Wildman–Crippen MR) is 150 cm³/mol. The van der Waals surface area contributed by atoms with Crippen LogP contribution < -0.4 is 16.0 Å². The molecule has 0 saturated heterocycles. The van der Waals surface area contributed by atoms with Crippen molar-refractivity contribution >= 4 is 40.8 Å². The van der Waals surface area contributed by atoms with Crippen LogP contribution in [0.1, 0.15) is 36.1 Å². The molecule has 1 unspecified atom stereocenters. The summed E-state index contributed by atoms with van der Waals surface area (Å²) in [4.78, 5) is 26.5. The fourth-order valence-electron chi connectivity index (χ4n) is 3.63. The lowest BCUT2D eigenvalue weighted by Crippen LogP contribution is -2.19. The number of benzene rings is 4. The summed E-state index contributed by atoms with van der Waals surface area (Å²) in [5.74, 6) is 0.345. The molecule has 3 amide bonds. The zero-order valence-electron chi connectivity index (χ0n) is 20.3. The normalized spacial score (nSPS) is 11.5. The first-order valence-electron chi connectivity index (χ1n) is 11.8. The highest BCUT2D eigenvalue weighted by molar-refractivity contribution is 8.00. The van der Waals surface area contributed by atoms with Gasteiger partial charge < -0.3 is 16.0 Å². The Morgan fingerprint density at radius 3 is 1.67 bits per heavy atom. The summed E-state index contributed by atoms with van der Waals surface area (Å²) in [6.07, 6.45) is 0. The molecular formula is C30H29N3O2S. The number of carbonyl (C=O) groups is 2. The number of para-hydroxylation sites is 1. The summed E-state index contributed by atoms with van der Waals surface area (Å²) in [6, 6.07) is 34.2. The highest BCUT2D eigenvalue weighted by Crippen LogP contribution is 2.36. The van der Waals surface area contributed by atoms with Crippen molar-refractivity contribution in [2.75, 3.05) is 16.0 Å². The molecule has 4 aromatic carbocycles. The van der Waals surface area contributed by atoms with Gasteiger partial charge >= 0.3 is 6.03 Å². The number of thioether (sulfide) groups is 1. The van der Waals surface area contributed by atoms with Crippen LogP contribution in [0.15, 0.2) is 114 Å². The second-order valence-corrected chi connectivity index (χ2v) is 9.82. The predicted octanol–water partition coefficient (Wildman–Crippen LogP) is 7.93. The van der Waals surface area contributed by atoms with E-state index in [0.29, 0.717) is 11.6 Å². The van der Waals surface area contributed by atoms with Crippen LogP contribution in [0, 0.1) is 0 Å². The van der Waals surface area contributed by atoms with Crippen LogP contribution in [0.4, 0.5) is 21.9 Å². The van der Waals surface area contributed by atoms with Crippen molar-refractivity contribution in [3.05, 3.63) is 120 Å². The van der Waals surface area contributed by atoms with Crippen molar-refractivity contribution < 1.29 is 9.59 Å². The van der Waals surface area contributed by atoms with Crippen molar-refractivity contribution in [2.24, 2.45) is 0 Å². The standard InChI is InChI=1S/C30H29N3O2S/c1-21(2)22-13-15-25(16-14-22)31-29(34)28(23-9-5-3-6-10-23)36-27-19-17-26(18-20-27)33-30(35)32-24-11-7-4-8-12-24/h3-21,28H,1-2H3,(H,31,34)(H2,32,33,35). The summed E-state index contributed by atoms with van der Waals surface area (Å²) in [5.41, 5.74) is 4.31. The van der Waals surface area contributed by atoms with E-state index in [9.17, 15) is 9.59 Å². The van der Waals surface area contributed by atoms with E-state index in [2.05, 4.69) is 29.8 Å². The molecule has 0 aliphatic carbocycles. The second-order valence-electron chi connectivity index (χ2n) is 8.64. The number of carbonyl (C=O) groups excluding carboxylic acids is 2. The molecule has 4 rings (SSSR count). The number of amides is 3. The summed E-state index contributed by atoms with van der Waals surface area (Å²) < 4.78 is 0. The van der Waals surface area contributed by atoms with Crippen molar-refractivity contribution in [1.82, 2.24) is 0 Å². The largest absolute Gasteiger partial charge is 0.325 e. The van der Waals surface area contributed by atoms with Gasteiger partial charge in [0.1, 0.15) is 5.25 Å². The number of nitrogens with one attached hydrogen (secondary N) is 3. The first-order valence-corrected chi connectivity index (χ1v) is 12.7. The Morgan fingerprint density at radius 1 is 0.583 bits per heavy atom. The van der Waals surface area contributed by atoms with Crippen LogP contribution in [-0.4, -0.2) is 11.9 Å². The maximum atomic E-state index is 13.3. The van der Waals surface area contributed by atoms with Crippen LogP contribution in [0.2, 0.25) is 0 Å². The van der Waals surface area contributed by atoms with Crippen LogP contribution in [0.25, 0.3) is 0 Å². The smallest absolute Gasteiger partial charge is 0.323 e. The van der Waals surface area contributed by atoms with Gasteiger partial charge in [0.2, 0.25) is 5.91 Å². The molecule has 0 aliphatic heterocycles. The molecule has 0 bridgehead atoms. The van der Waals surface area contributed by atoms with Crippen LogP contribution in [-0.2, 0) is 4.79 Å². The zero-order chi connectivity index (χ0) is 25.3.